The van der Waals surface area contributed by atoms with E-state index < -0.39 is 0 Å². The van der Waals surface area contributed by atoms with E-state index in [0.717, 1.165) is 11.5 Å². The van der Waals surface area contributed by atoms with Crippen LogP contribution in [0.1, 0.15) is 70.3 Å². The van der Waals surface area contributed by atoms with Crippen LogP contribution >= 0.6 is 23.8 Å². The number of halogens is 1. The molecule has 0 amide bonds. The van der Waals surface area contributed by atoms with Crippen LogP contribution in [0.15, 0.2) is 30.3 Å². The molecule has 0 spiro atoms. The monoisotopic (exact) mass is 430 g/mol. The first-order chi connectivity index (χ1) is 13.9. The zero-order chi connectivity index (χ0) is 20.3. The largest absolute Gasteiger partial charge is 0.376 e. The standard InChI is InChI=1S/C25H35ClN2S/c1-23(26)19-11-24(18-5-3-2-4-6-18)12-20(23)14-25(13-19,16-24)22(29)28-21-9-7-17(15-27)8-10-21/h2-6,17,19-21H,7-16,27H2,1H3,(H,28,29). The van der Waals surface area contributed by atoms with Gasteiger partial charge in [-0.3, -0.25) is 0 Å². The lowest BCUT2D eigenvalue weighted by Gasteiger charge is -2.67. The summed E-state index contributed by atoms with van der Waals surface area (Å²) >= 11 is 13.4. The Labute approximate surface area is 186 Å². The van der Waals surface area contributed by atoms with Gasteiger partial charge in [-0.1, -0.05) is 42.5 Å². The first-order valence-electron chi connectivity index (χ1n) is 11.6. The van der Waals surface area contributed by atoms with Crippen molar-refractivity contribution >= 4 is 28.8 Å². The first kappa shape index (κ1) is 20.3. The van der Waals surface area contributed by atoms with E-state index in [1.807, 2.05) is 0 Å². The Kier molecular flexibility index (Phi) is 5.04. The summed E-state index contributed by atoms with van der Waals surface area (Å²) in [4.78, 5) is 1.08. The third kappa shape index (κ3) is 3.27. The quantitative estimate of drug-likeness (QED) is 0.484. The molecule has 158 valence electrons. The molecule has 0 heterocycles. The number of hydrogen-bond donors (Lipinski definition) is 2. The molecule has 3 N–H and O–H groups in total. The highest BCUT2D eigenvalue weighted by Crippen LogP contribution is 2.70. The van der Waals surface area contributed by atoms with Crippen molar-refractivity contribution in [3.05, 3.63) is 35.9 Å². The summed E-state index contributed by atoms with van der Waals surface area (Å²) in [6, 6.07) is 11.8. The van der Waals surface area contributed by atoms with Crippen LogP contribution in [0.4, 0.5) is 0 Å². The van der Waals surface area contributed by atoms with E-state index in [2.05, 4.69) is 42.6 Å². The van der Waals surface area contributed by atoms with Crippen molar-refractivity contribution in [3.8, 4) is 0 Å². The van der Waals surface area contributed by atoms with Gasteiger partial charge in [-0.15, -0.1) is 11.6 Å². The van der Waals surface area contributed by atoms with E-state index in [4.69, 9.17) is 29.6 Å². The average molecular weight is 431 g/mol. The Balaban J connectivity index is 1.41. The van der Waals surface area contributed by atoms with Crippen LogP contribution in [0.5, 0.6) is 0 Å². The van der Waals surface area contributed by atoms with Crippen molar-refractivity contribution in [1.82, 2.24) is 5.32 Å². The molecule has 1 aromatic rings. The third-order valence-corrected chi connectivity index (χ3v) is 10.4. The van der Waals surface area contributed by atoms with Crippen molar-refractivity contribution in [2.75, 3.05) is 6.54 Å². The maximum Gasteiger partial charge on any atom is 0.0818 e. The molecule has 5 aliphatic rings. The van der Waals surface area contributed by atoms with E-state index in [1.165, 1.54) is 63.4 Å². The van der Waals surface area contributed by atoms with E-state index >= 15 is 0 Å². The van der Waals surface area contributed by atoms with Crippen LogP contribution in [0.2, 0.25) is 0 Å². The summed E-state index contributed by atoms with van der Waals surface area (Å²) in [5, 5.41) is 3.86. The normalized spacial score (nSPS) is 45.9. The summed E-state index contributed by atoms with van der Waals surface area (Å²) in [6.07, 6.45) is 10.9. The van der Waals surface area contributed by atoms with E-state index in [0.29, 0.717) is 23.8 Å². The van der Waals surface area contributed by atoms with Crippen LogP contribution < -0.4 is 11.1 Å². The highest BCUT2D eigenvalue weighted by atomic mass is 35.5. The molecule has 0 radical (unpaired) electrons. The minimum Gasteiger partial charge on any atom is -0.376 e. The number of nitrogens with two attached hydrogens (primary N) is 1. The third-order valence-electron chi connectivity index (χ3n) is 9.20. The number of alkyl halides is 1. The SMILES string of the molecule is CC1(Cl)C2CC3(C(=S)NC4CCC(CN)CC4)CC1CC(c1ccccc1)(C2)C3. The molecule has 6 rings (SSSR count). The first-order valence-corrected chi connectivity index (χ1v) is 12.4. The smallest absolute Gasteiger partial charge is 0.0818 e. The molecule has 29 heavy (non-hydrogen) atoms. The number of benzene rings is 1. The minimum atomic E-state index is -0.0724. The van der Waals surface area contributed by atoms with Gasteiger partial charge >= 0.3 is 0 Å². The maximum atomic E-state index is 7.19. The lowest BCUT2D eigenvalue weighted by Crippen LogP contribution is -2.66. The van der Waals surface area contributed by atoms with Gasteiger partial charge in [-0.05, 0) is 100.0 Å². The van der Waals surface area contributed by atoms with Crippen molar-refractivity contribution in [2.45, 2.75) is 81.0 Å². The van der Waals surface area contributed by atoms with E-state index in [9.17, 15) is 0 Å². The van der Waals surface area contributed by atoms with Gasteiger partial charge in [0.1, 0.15) is 0 Å². The fraction of sp³-hybridized carbons (Fsp3) is 0.720. The van der Waals surface area contributed by atoms with E-state index in [1.54, 1.807) is 0 Å². The summed E-state index contributed by atoms with van der Waals surface area (Å²) in [5.41, 5.74) is 7.79. The van der Waals surface area contributed by atoms with Crippen LogP contribution in [0.25, 0.3) is 0 Å². The molecular formula is C25H35ClN2S. The van der Waals surface area contributed by atoms with Gasteiger partial charge in [-0.25, -0.2) is 0 Å². The Bertz CT molecular complexity index is 750. The maximum absolute atomic E-state index is 7.19. The molecule has 5 saturated carbocycles. The van der Waals surface area contributed by atoms with Gasteiger partial charge in [0.2, 0.25) is 0 Å². The number of thiocarbonyl (C=S) groups is 1. The molecule has 1 aromatic carbocycles. The summed E-state index contributed by atoms with van der Waals surface area (Å²) < 4.78 is 0. The highest BCUT2D eigenvalue weighted by molar-refractivity contribution is 7.80. The van der Waals surface area contributed by atoms with Gasteiger partial charge in [0, 0.05) is 16.3 Å². The lowest BCUT2D eigenvalue weighted by atomic mass is 9.40. The van der Waals surface area contributed by atoms with Gasteiger partial charge in [0.05, 0.1) is 4.99 Å². The number of rotatable bonds is 4. The lowest BCUT2D eigenvalue weighted by molar-refractivity contribution is -0.0621. The fourth-order valence-corrected chi connectivity index (χ4v) is 8.26. The molecule has 5 aliphatic carbocycles. The molecule has 0 aromatic heterocycles. The van der Waals surface area contributed by atoms with Crippen LogP contribution in [-0.2, 0) is 5.41 Å². The Morgan fingerprint density at radius 2 is 1.69 bits per heavy atom. The average Bonchev–Trinajstić information content (AvgIpc) is 2.73. The topological polar surface area (TPSA) is 38.0 Å². The van der Waals surface area contributed by atoms with Gasteiger partial charge < -0.3 is 11.1 Å². The van der Waals surface area contributed by atoms with Crippen LogP contribution in [0.3, 0.4) is 0 Å². The van der Waals surface area contributed by atoms with Gasteiger partial charge in [-0.2, -0.15) is 0 Å². The molecule has 4 bridgehead atoms. The highest BCUT2D eigenvalue weighted by Gasteiger charge is 2.66. The number of hydrogen-bond acceptors (Lipinski definition) is 2. The summed E-state index contributed by atoms with van der Waals surface area (Å²) in [5.74, 6) is 1.82. The van der Waals surface area contributed by atoms with Crippen molar-refractivity contribution in [2.24, 2.45) is 28.9 Å². The molecule has 2 atom stereocenters. The van der Waals surface area contributed by atoms with Gasteiger partial charge in [0.25, 0.3) is 0 Å². The van der Waals surface area contributed by atoms with Crippen molar-refractivity contribution in [1.29, 1.82) is 0 Å². The van der Waals surface area contributed by atoms with Crippen molar-refractivity contribution < 1.29 is 0 Å². The predicted molar refractivity (Wildman–Crippen MR) is 125 cm³/mol. The van der Waals surface area contributed by atoms with Crippen LogP contribution in [-0.4, -0.2) is 22.4 Å². The summed E-state index contributed by atoms with van der Waals surface area (Å²) in [6.45, 7) is 3.14. The zero-order valence-corrected chi connectivity index (χ0v) is 19.2. The second-order valence-electron chi connectivity index (χ2n) is 10.9. The second kappa shape index (κ2) is 7.21. The Morgan fingerprint density at radius 3 is 2.28 bits per heavy atom. The molecule has 2 nitrogen and oxygen atoms in total. The van der Waals surface area contributed by atoms with Crippen molar-refractivity contribution in [3.63, 3.8) is 0 Å². The Morgan fingerprint density at radius 1 is 1.07 bits per heavy atom. The fourth-order valence-electron chi connectivity index (χ4n) is 7.54. The minimum absolute atomic E-state index is 0.0724. The molecule has 2 unspecified atom stereocenters. The van der Waals surface area contributed by atoms with E-state index in [-0.39, 0.29) is 15.7 Å². The molecule has 0 saturated heterocycles. The molecule has 0 aliphatic heterocycles. The summed E-state index contributed by atoms with van der Waals surface area (Å²) in [7, 11) is 0. The molecule has 4 heteroatoms. The predicted octanol–water partition coefficient (Wildman–Crippen LogP) is 5.57. The Hall–Kier alpha value is -0.640. The number of nitrogens with one attached hydrogen (secondary N) is 1. The van der Waals surface area contributed by atoms with Crippen LogP contribution in [0, 0.1) is 23.2 Å². The van der Waals surface area contributed by atoms with Gasteiger partial charge in [0.15, 0.2) is 0 Å². The molecule has 5 fully saturated rings. The second-order valence-corrected chi connectivity index (χ2v) is 12.1. The zero-order valence-electron chi connectivity index (χ0n) is 17.6. The molecular weight excluding hydrogens is 396 g/mol.